The minimum atomic E-state index is -0.474. The highest BCUT2D eigenvalue weighted by Gasteiger charge is 2.02. The molecule has 0 fully saturated rings. The average molecular weight is 274 g/mol. The Morgan fingerprint density at radius 1 is 1.25 bits per heavy atom. The number of anilines is 2. The van der Waals surface area contributed by atoms with Crippen LogP contribution >= 0.6 is 0 Å². The van der Waals surface area contributed by atoms with Crippen LogP contribution in [-0.2, 0) is 17.8 Å². The molecule has 6 heteroatoms. The monoisotopic (exact) mass is 274 g/mol. The molecule has 0 radical (unpaired) electrons. The van der Waals surface area contributed by atoms with E-state index in [1.54, 1.807) is 6.20 Å². The van der Waals surface area contributed by atoms with E-state index in [-0.39, 0.29) is 0 Å². The van der Waals surface area contributed by atoms with Crippen LogP contribution in [0.25, 0.3) is 0 Å². The van der Waals surface area contributed by atoms with Crippen LogP contribution in [0.15, 0.2) is 36.5 Å². The summed E-state index contributed by atoms with van der Waals surface area (Å²) in [4.78, 5) is 11.1. The van der Waals surface area contributed by atoms with Crippen molar-refractivity contribution in [1.82, 2.24) is 9.78 Å². The first-order valence-corrected chi connectivity index (χ1v) is 6.42. The fourth-order valence-corrected chi connectivity index (χ4v) is 1.83. The molecule has 0 aliphatic rings. The van der Waals surface area contributed by atoms with Gasteiger partial charge in [-0.3, -0.25) is 10.00 Å². The number of nitrogens with one attached hydrogen (secondary N) is 2. The van der Waals surface area contributed by atoms with Gasteiger partial charge in [0.15, 0.2) is 0 Å². The lowest BCUT2D eigenvalue weighted by molar-refractivity contribution is 0.187. The van der Waals surface area contributed by atoms with Crippen molar-refractivity contribution in [2.45, 2.75) is 20.0 Å². The van der Waals surface area contributed by atoms with Crippen LogP contribution in [0.4, 0.5) is 16.2 Å². The Morgan fingerprint density at radius 3 is 2.60 bits per heavy atom. The fourth-order valence-electron chi connectivity index (χ4n) is 1.83. The average Bonchev–Trinajstić information content (AvgIpc) is 2.94. The molecule has 106 valence electrons. The summed E-state index contributed by atoms with van der Waals surface area (Å²) in [5.74, 6) is 0. The van der Waals surface area contributed by atoms with E-state index in [4.69, 9.17) is 0 Å². The Morgan fingerprint density at radius 2 is 1.95 bits per heavy atom. The third kappa shape index (κ3) is 3.50. The minimum Gasteiger partial charge on any atom is -0.453 e. The molecule has 0 saturated carbocycles. The Hall–Kier alpha value is -2.50. The maximum Gasteiger partial charge on any atom is 0.411 e. The SMILES string of the molecule is CCn1nccc1CNc1ccc(NC(=O)OC)cc1. The quantitative estimate of drug-likeness (QED) is 0.879. The van der Waals surface area contributed by atoms with Crippen LogP contribution in [0.2, 0.25) is 0 Å². The summed E-state index contributed by atoms with van der Waals surface area (Å²) >= 11 is 0. The van der Waals surface area contributed by atoms with Gasteiger partial charge < -0.3 is 10.1 Å². The van der Waals surface area contributed by atoms with Crippen LogP contribution in [0.5, 0.6) is 0 Å². The van der Waals surface area contributed by atoms with Crippen molar-refractivity contribution in [1.29, 1.82) is 0 Å². The first kappa shape index (κ1) is 13.9. The molecule has 0 atom stereocenters. The second-order valence-corrected chi connectivity index (χ2v) is 4.19. The van der Waals surface area contributed by atoms with Crippen LogP contribution in [0.3, 0.4) is 0 Å². The second kappa shape index (κ2) is 6.60. The van der Waals surface area contributed by atoms with Crippen molar-refractivity contribution in [2.75, 3.05) is 17.7 Å². The maximum atomic E-state index is 11.1. The van der Waals surface area contributed by atoms with Gasteiger partial charge in [-0.15, -0.1) is 0 Å². The number of aromatic nitrogens is 2. The summed E-state index contributed by atoms with van der Waals surface area (Å²) < 4.78 is 6.48. The molecule has 2 aromatic rings. The van der Waals surface area contributed by atoms with Gasteiger partial charge in [-0.25, -0.2) is 4.79 Å². The third-order valence-corrected chi connectivity index (χ3v) is 2.89. The second-order valence-electron chi connectivity index (χ2n) is 4.19. The van der Waals surface area contributed by atoms with Crippen LogP contribution in [0, 0.1) is 0 Å². The molecule has 20 heavy (non-hydrogen) atoms. The number of aryl methyl sites for hydroxylation is 1. The molecule has 0 unspecified atom stereocenters. The number of methoxy groups -OCH3 is 1. The highest BCUT2D eigenvalue weighted by atomic mass is 16.5. The van der Waals surface area contributed by atoms with Gasteiger partial charge in [0.25, 0.3) is 0 Å². The maximum absolute atomic E-state index is 11.1. The molecule has 0 saturated heterocycles. The van der Waals surface area contributed by atoms with Crippen LogP contribution < -0.4 is 10.6 Å². The standard InChI is InChI=1S/C14H18N4O2/c1-3-18-13(8-9-16-18)10-15-11-4-6-12(7-5-11)17-14(19)20-2/h4-9,15H,3,10H2,1-2H3,(H,17,19). The Kier molecular flexibility index (Phi) is 4.60. The molecule has 1 aromatic carbocycles. The zero-order chi connectivity index (χ0) is 14.4. The number of nitrogens with zero attached hydrogens (tertiary/aromatic N) is 2. The summed E-state index contributed by atoms with van der Waals surface area (Å²) in [7, 11) is 1.34. The van der Waals surface area contributed by atoms with Crippen molar-refractivity contribution in [3.8, 4) is 0 Å². The van der Waals surface area contributed by atoms with E-state index in [1.807, 2.05) is 35.0 Å². The highest BCUT2D eigenvalue weighted by Crippen LogP contribution is 2.14. The molecule has 6 nitrogen and oxygen atoms in total. The molecule has 0 spiro atoms. The molecule has 0 bridgehead atoms. The number of ether oxygens (including phenoxy) is 1. The number of carbonyl (C=O) groups excluding carboxylic acids is 1. The molecule has 1 heterocycles. The molecular weight excluding hydrogens is 256 g/mol. The van der Waals surface area contributed by atoms with Gasteiger partial charge in [-0.2, -0.15) is 5.10 Å². The Labute approximate surface area is 117 Å². The normalized spacial score (nSPS) is 10.1. The summed E-state index contributed by atoms with van der Waals surface area (Å²) in [6.07, 6.45) is 1.32. The van der Waals surface area contributed by atoms with E-state index in [2.05, 4.69) is 27.4 Å². The van der Waals surface area contributed by atoms with E-state index in [9.17, 15) is 4.79 Å². The summed E-state index contributed by atoms with van der Waals surface area (Å²) in [6.45, 7) is 3.62. The Balaban J connectivity index is 1.92. The van der Waals surface area contributed by atoms with Crippen molar-refractivity contribution in [3.63, 3.8) is 0 Å². The number of benzene rings is 1. The Bertz CT molecular complexity index is 563. The number of amides is 1. The van der Waals surface area contributed by atoms with E-state index < -0.39 is 6.09 Å². The molecular formula is C14H18N4O2. The van der Waals surface area contributed by atoms with Gasteiger partial charge in [0.1, 0.15) is 0 Å². The zero-order valence-electron chi connectivity index (χ0n) is 11.6. The largest absolute Gasteiger partial charge is 0.453 e. The highest BCUT2D eigenvalue weighted by molar-refractivity contribution is 5.84. The predicted molar refractivity (Wildman–Crippen MR) is 77.7 cm³/mol. The molecule has 2 rings (SSSR count). The topological polar surface area (TPSA) is 68.2 Å². The molecule has 1 aromatic heterocycles. The number of hydrogen-bond donors (Lipinski definition) is 2. The summed E-state index contributed by atoms with van der Waals surface area (Å²) in [5, 5.41) is 10.1. The first-order valence-electron chi connectivity index (χ1n) is 6.42. The minimum absolute atomic E-state index is 0.474. The van der Waals surface area contributed by atoms with Gasteiger partial charge in [0, 0.05) is 24.1 Å². The number of rotatable bonds is 5. The lowest BCUT2D eigenvalue weighted by Gasteiger charge is -2.09. The summed E-state index contributed by atoms with van der Waals surface area (Å²) in [6, 6.07) is 9.42. The van der Waals surface area contributed by atoms with Crippen molar-refractivity contribution < 1.29 is 9.53 Å². The van der Waals surface area contributed by atoms with Gasteiger partial charge in [-0.1, -0.05) is 0 Å². The molecule has 0 aliphatic heterocycles. The summed E-state index contributed by atoms with van der Waals surface area (Å²) in [5.41, 5.74) is 2.80. The third-order valence-electron chi connectivity index (χ3n) is 2.89. The van der Waals surface area contributed by atoms with E-state index in [0.717, 1.165) is 17.9 Å². The zero-order valence-corrected chi connectivity index (χ0v) is 11.6. The number of hydrogen-bond acceptors (Lipinski definition) is 4. The van der Waals surface area contributed by atoms with Gasteiger partial charge >= 0.3 is 6.09 Å². The lowest BCUT2D eigenvalue weighted by Crippen LogP contribution is -2.11. The first-order chi connectivity index (χ1) is 9.72. The van der Waals surface area contributed by atoms with Gasteiger partial charge in [-0.05, 0) is 37.3 Å². The smallest absolute Gasteiger partial charge is 0.411 e. The van der Waals surface area contributed by atoms with Crippen molar-refractivity contribution in [2.24, 2.45) is 0 Å². The predicted octanol–water partition coefficient (Wildman–Crippen LogP) is 2.69. The number of carbonyl (C=O) groups is 1. The van der Waals surface area contributed by atoms with Crippen LogP contribution in [0.1, 0.15) is 12.6 Å². The van der Waals surface area contributed by atoms with Crippen molar-refractivity contribution in [3.05, 3.63) is 42.2 Å². The lowest BCUT2D eigenvalue weighted by atomic mass is 10.2. The molecule has 2 N–H and O–H groups in total. The van der Waals surface area contributed by atoms with E-state index in [0.29, 0.717) is 12.2 Å². The molecule has 1 amide bonds. The van der Waals surface area contributed by atoms with Gasteiger partial charge in [0.05, 0.1) is 19.3 Å². The van der Waals surface area contributed by atoms with Crippen molar-refractivity contribution >= 4 is 17.5 Å². The molecule has 0 aliphatic carbocycles. The van der Waals surface area contributed by atoms with Gasteiger partial charge in [0.2, 0.25) is 0 Å². The van der Waals surface area contributed by atoms with E-state index in [1.165, 1.54) is 7.11 Å². The van der Waals surface area contributed by atoms with Crippen LogP contribution in [-0.4, -0.2) is 23.0 Å². The van der Waals surface area contributed by atoms with E-state index >= 15 is 0 Å². The fraction of sp³-hybridized carbons (Fsp3) is 0.286.